The van der Waals surface area contributed by atoms with Gasteiger partial charge < -0.3 is 0 Å². The molecule has 2 heteroatoms. The second-order valence-corrected chi connectivity index (χ2v) is 4.03. The molecule has 0 N–H and O–H groups in total. The predicted octanol–water partition coefficient (Wildman–Crippen LogP) is 1.55. The Morgan fingerprint density at radius 3 is 2.12 bits per heavy atom. The Balaban J connectivity index is 3.46. The van der Waals surface area contributed by atoms with Crippen LogP contribution in [0.25, 0.3) is 0 Å². The zero-order valence-electron chi connectivity index (χ0n) is 5.81. The van der Waals surface area contributed by atoms with Crippen LogP contribution in [0.15, 0.2) is 0 Å². The molecule has 0 aromatic heterocycles. The third-order valence-corrected chi connectivity index (χ3v) is 3.11. The molecule has 0 radical (unpaired) electrons. The van der Waals surface area contributed by atoms with Crippen molar-refractivity contribution >= 4 is 10.8 Å². The first-order chi connectivity index (χ1) is 3.72. The molecule has 2 unspecified atom stereocenters. The average molecular weight is 134 g/mol. The molecule has 0 aliphatic carbocycles. The summed E-state index contributed by atoms with van der Waals surface area (Å²) < 4.78 is 10.9. The van der Waals surface area contributed by atoms with Crippen LogP contribution in [-0.4, -0.2) is 15.2 Å². The van der Waals surface area contributed by atoms with E-state index in [2.05, 4.69) is 6.92 Å². The number of hydrogen-bond acceptors (Lipinski definition) is 1. The average Bonchev–Trinajstić information content (AvgIpc) is 1.84. The van der Waals surface area contributed by atoms with Gasteiger partial charge in [-0.1, -0.05) is 20.8 Å². The molecule has 0 saturated heterocycles. The first-order valence-corrected chi connectivity index (χ1v) is 4.47. The first-order valence-electron chi connectivity index (χ1n) is 3.09. The fourth-order valence-corrected chi connectivity index (χ4v) is 1.41. The quantitative estimate of drug-likeness (QED) is 0.572. The SMILES string of the molecule is CCC(C)S(=O)CC. The Morgan fingerprint density at radius 1 is 1.50 bits per heavy atom. The van der Waals surface area contributed by atoms with Crippen LogP contribution in [0.3, 0.4) is 0 Å². The van der Waals surface area contributed by atoms with Gasteiger partial charge >= 0.3 is 0 Å². The standard InChI is InChI=1S/C6H14OS/c1-4-6(3)8(7)5-2/h6H,4-5H2,1-3H3. The molecular weight excluding hydrogens is 120 g/mol. The second kappa shape index (κ2) is 4.07. The van der Waals surface area contributed by atoms with E-state index in [4.69, 9.17) is 0 Å². The van der Waals surface area contributed by atoms with Crippen molar-refractivity contribution in [1.29, 1.82) is 0 Å². The molecule has 0 bridgehead atoms. The van der Waals surface area contributed by atoms with Crippen molar-refractivity contribution in [3.8, 4) is 0 Å². The van der Waals surface area contributed by atoms with Gasteiger partial charge in [0.05, 0.1) is 0 Å². The van der Waals surface area contributed by atoms with Crippen LogP contribution in [0, 0.1) is 0 Å². The van der Waals surface area contributed by atoms with Crippen molar-refractivity contribution in [3.05, 3.63) is 0 Å². The molecule has 0 rings (SSSR count). The highest BCUT2D eigenvalue weighted by Gasteiger charge is 2.03. The molecule has 1 nitrogen and oxygen atoms in total. The van der Waals surface area contributed by atoms with Crippen molar-refractivity contribution in [2.24, 2.45) is 0 Å². The summed E-state index contributed by atoms with van der Waals surface area (Å²) in [6, 6.07) is 0. The molecule has 50 valence electrons. The van der Waals surface area contributed by atoms with E-state index >= 15 is 0 Å². The molecule has 0 fully saturated rings. The van der Waals surface area contributed by atoms with Crippen LogP contribution in [-0.2, 0) is 10.8 Å². The lowest BCUT2D eigenvalue weighted by Gasteiger charge is -2.03. The Hall–Kier alpha value is 0.150. The maximum atomic E-state index is 10.9. The molecule has 0 aromatic carbocycles. The van der Waals surface area contributed by atoms with E-state index < -0.39 is 10.8 Å². The molecule has 0 spiro atoms. The third-order valence-electron chi connectivity index (χ3n) is 1.31. The van der Waals surface area contributed by atoms with Crippen molar-refractivity contribution in [2.75, 3.05) is 5.75 Å². The van der Waals surface area contributed by atoms with E-state index in [9.17, 15) is 4.21 Å². The van der Waals surface area contributed by atoms with Gasteiger partial charge in [0.2, 0.25) is 0 Å². The van der Waals surface area contributed by atoms with Crippen LogP contribution in [0.4, 0.5) is 0 Å². The Morgan fingerprint density at radius 2 is 2.00 bits per heavy atom. The third kappa shape index (κ3) is 2.46. The van der Waals surface area contributed by atoms with Gasteiger partial charge in [0.15, 0.2) is 0 Å². The summed E-state index contributed by atoms with van der Waals surface area (Å²) >= 11 is 0. The maximum absolute atomic E-state index is 10.9. The van der Waals surface area contributed by atoms with Gasteiger partial charge in [0, 0.05) is 21.8 Å². The summed E-state index contributed by atoms with van der Waals surface area (Å²) in [5.74, 6) is 0.801. The summed E-state index contributed by atoms with van der Waals surface area (Å²) in [6.07, 6.45) is 1.03. The molecule has 0 amide bonds. The van der Waals surface area contributed by atoms with Gasteiger partial charge in [-0.15, -0.1) is 0 Å². The van der Waals surface area contributed by atoms with Crippen LogP contribution in [0.5, 0.6) is 0 Å². The molecule has 0 aliphatic rings. The normalized spacial score (nSPS) is 17.9. The largest absolute Gasteiger partial charge is 0.259 e. The number of rotatable bonds is 3. The molecule has 0 aliphatic heterocycles. The van der Waals surface area contributed by atoms with Gasteiger partial charge in [-0.3, -0.25) is 4.21 Å². The highest BCUT2D eigenvalue weighted by atomic mass is 32.2. The zero-order chi connectivity index (χ0) is 6.57. The Kier molecular flexibility index (Phi) is 4.15. The monoisotopic (exact) mass is 134 g/mol. The summed E-state index contributed by atoms with van der Waals surface area (Å²) in [4.78, 5) is 0. The van der Waals surface area contributed by atoms with Crippen molar-refractivity contribution in [3.63, 3.8) is 0 Å². The lowest BCUT2D eigenvalue weighted by Crippen LogP contribution is -2.10. The zero-order valence-corrected chi connectivity index (χ0v) is 6.62. The van der Waals surface area contributed by atoms with Gasteiger partial charge in [-0.2, -0.15) is 0 Å². The van der Waals surface area contributed by atoms with Gasteiger partial charge in [-0.05, 0) is 6.42 Å². The van der Waals surface area contributed by atoms with Crippen LogP contribution in [0.2, 0.25) is 0 Å². The van der Waals surface area contributed by atoms with E-state index in [1.807, 2.05) is 13.8 Å². The minimum absolute atomic E-state index is 0.389. The minimum Gasteiger partial charge on any atom is -0.259 e. The van der Waals surface area contributed by atoms with E-state index in [0.717, 1.165) is 12.2 Å². The van der Waals surface area contributed by atoms with Crippen LogP contribution < -0.4 is 0 Å². The van der Waals surface area contributed by atoms with Gasteiger partial charge in [0.1, 0.15) is 0 Å². The highest BCUT2D eigenvalue weighted by Crippen LogP contribution is 1.98. The molecule has 0 aromatic rings. The van der Waals surface area contributed by atoms with E-state index in [1.165, 1.54) is 0 Å². The summed E-state index contributed by atoms with van der Waals surface area (Å²) in [5, 5.41) is 0.389. The van der Waals surface area contributed by atoms with E-state index in [1.54, 1.807) is 0 Å². The highest BCUT2D eigenvalue weighted by molar-refractivity contribution is 7.85. The maximum Gasteiger partial charge on any atom is 0.0317 e. The van der Waals surface area contributed by atoms with Crippen molar-refractivity contribution < 1.29 is 4.21 Å². The van der Waals surface area contributed by atoms with Crippen LogP contribution in [0.1, 0.15) is 27.2 Å². The van der Waals surface area contributed by atoms with Crippen molar-refractivity contribution in [1.82, 2.24) is 0 Å². The second-order valence-electron chi connectivity index (χ2n) is 1.89. The van der Waals surface area contributed by atoms with E-state index in [-0.39, 0.29) is 0 Å². The molecular formula is C6H14OS. The minimum atomic E-state index is -0.572. The van der Waals surface area contributed by atoms with E-state index in [0.29, 0.717) is 5.25 Å². The lowest BCUT2D eigenvalue weighted by molar-refractivity contribution is 0.671. The molecule has 2 atom stereocenters. The first kappa shape index (κ1) is 8.15. The summed E-state index contributed by atoms with van der Waals surface area (Å²) in [6.45, 7) is 6.06. The fraction of sp³-hybridized carbons (Fsp3) is 1.00. The topological polar surface area (TPSA) is 17.1 Å². The van der Waals surface area contributed by atoms with Gasteiger partial charge in [-0.25, -0.2) is 0 Å². The smallest absolute Gasteiger partial charge is 0.0317 e. The lowest BCUT2D eigenvalue weighted by atomic mass is 10.4. The summed E-state index contributed by atoms with van der Waals surface area (Å²) in [7, 11) is -0.572. The molecule has 0 heterocycles. The Bertz CT molecular complexity index is 80.6. The molecule has 0 saturated carbocycles. The van der Waals surface area contributed by atoms with Crippen molar-refractivity contribution in [2.45, 2.75) is 32.4 Å². The number of hydrogen-bond donors (Lipinski definition) is 0. The summed E-state index contributed by atoms with van der Waals surface area (Å²) in [5.41, 5.74) is 0. The fourth-order valence-electron chi connectivity index (χ4n) is 0.470. The van der Waals surface area contributed by atoms with Crippen LogP contribution >= 0.6 is 0 Å². The Labute approximate surface area is 53.9 Å². The van der Waals surface area contributed by atoms with Gasteiger partial charge in [0.25, 0.3) is 0 Å². The molecule has 8 heavy (non-hydrogen) atoms. The predicted molar refractivity (Wildman–Crippen MR) is 38.4 cm³/mol.